The maximum absolute atomic E-state index is 12.7. The van der Waals surface area contributed by atoms with E-state index in [2.05, 4.69) is 27.3 Å². The second-order valence-electron chi connectivity index (χ2n) is 8.31. The Hall–Kier alpha value is -2.42. The van der Waals surface area contributed by atoms with Gasteiger partial charge in [-0.1, -0.05) is 11.6 Å². The Labute approximate surface area is 187 Å². The first-order valence-corrected chi connectivity index (χ1v) is 11.2. The molecule has 2 fully saturated rings. The molecule has 2 aliphatic rings. The summed E-state index contributed by atoms with van der Waals surface area (Å²) in [5.41, 5.74) is 0.498. The number of piperazine rings is 1. The lowest BCUT2D eigenvalue weighted by molar-refractivity contribution is -0.134. The number of hydrogen-bond acceptors (Lipinski definition) is 5. The lowest BCUT2D eigenvalue weighted by Crippen LogP contribution is -2.54. The fourth-order valence-corrected chi connectivity index (χ4v) is 4.37. The van der Waals surface area contributed by atoms with Gasteiger partial charge in [0.15, 0.2) is 5.82 Å². The molecule has 8 nitrogen and oxygen atoms in total. The highest BCUT2D eigenvalue weighted by Gasteiger charge is 2.28. The molecule has 0 radical (unpaired) electrons. The quantitative estimate of drug-likeness (QED) is 0.763. The highest BCUT2D eigenvalue weighted by molar-refractivity contribution is 6.30. The summed E-state index contributed by atoms with van der Waals surface area (Å²) in [6, 6.07) is 8.98. The van der Waals surface area contributed by atoms with Crippen LogP contribution in [0.4, 0.5) is 5.82 Å². The molecule has 0 spiro atoms. The molecule has 0 atom stereocenters. The summed E-state index contributed by atoms with van der Waals surface area (Å²) in [6.45, 7) is 5.85. The zero-order valence-electron chi connectivity index (χ0n) is 17.8. The van der Waals surface area contributed by atoms with Crippen molar-refractivity contribution in [1.29, 1.82) is 0 Å². The van der Waals surface area contributed by atoms with Gasteiger partial charge >= 0.3 is 0 Å². The van der Waals surface area contributed by atoms with Crippen LogP contribution in [0.15, 0.2) is 36.5 Å². The third-order valence-corrected chi connectivity index (χ3v) is 6.41. The fourth-order valence-electron chi connectivity index (χ4n) is 4.24. The van der Waals surface area contributed by atoms with Crippen molar-refractivity contribution in [3.8, 4) is 0 Å². The maximum atomic E-state index is 12.7. The molecule has 0 aliphatic carbocycles. The number of nitrogens with zero attached hydrogens (tertiary/aromatic N) is 5. The maximum Gasteiger partial charge on any atom is 0.256 e. The van der Waals surface area contributed by atoms with Crippen molar-refractivity contribution in [3.63, 3.8) is 0 Å². The summed E-state index contributed by atoms with van der Waals surface area (Å²) in [4.78, 5) is 31.8. The largest absolute Gasteiger partial charge is 0.339 e. The van der Waals surface area contributed by atoms with E-state index < -0.39 is 0 Å². The molecule has 2 saturated heterocycles. The van der Waals surface area contributed by atoms with Gasteiger partial charge in [-0.3, -0.25) is 19.2 Å². The molecular formula is C22H29ClN6O2. The number of carbonyl (C=O) groups is 2. The van der Waals surface area contributed by atoms with Crippen LogP contribution in [-0.2, 0) is 11.3 Å². The summed E-state index contributed by atoms with van der Waals surface area (Å²) in [5.74, 6) is 0.208. The Morgan fingerprint density at radius 2 is 1.71 bits per heavy atom. The van der Waals surface area contributed by atoms with Crippen LogP contribution in [0.5, 0.6) is 0 Å². The molecule has 1 N–H and O–H groups in total. The van der Waals surface area contributed by atoms with Crippen LogP contribution in [0.3, 0.4) is 0 Å². The first-order chi connectivity index (χ1) is 15.0. The molecular weight excluding hydrogens is 416 g/mol. The van der Waals surface area contributed by atoms with Gasteiger partial charge in [-0.15, -0.1) is 0 Å². The van der Waals surface area contributed by atoms with Crippen LogP contribution in [0, 0.1) is 0 Å². The van der Waals surface area contributed by atoms with Crippen LogP contribution < -0.4 is 5.32 Å². The molecule has 0 bridgehead atoms. The third kappa shape index (κ3) is 5.64. The number of carbonyl (C=O) groups excluding carboxylic acids is 2. The van der Waals surface area contributed by atoms with E-state index in [1.54, 1.807) is 41.2 Å². The lowest BCUT2D eigenvalue weighted by atomic mass is 10.0. The standard InChI is InChI=1S/C22H29ClN6O2/c1-26-9-6-19(7-10-26)27-12-14-28(15-13-27)21(30)16-29-11-8-20(25-29)24-22(31)17-2-4-18(23)5-3-17/h2-5,8,11,19H,6-7,9-10,12-16H2,1H3,(H,24,25,31). The number of anilines is 1. The van der Waals surface area contributed by atoms with E-state index in [0.717, 1.165) is 39.3 Å². The number of piperidine rings is 1. The summed E-state index contributed by atoms with van der Waals surface area (Å²) in [7, 11) is 2.18. The van der Waals surface area contributed by atoms with Crippen molar-refractivity contribution in [1.82, 2.24) is 24.5 Å². The molecule has 31 heavy (non-hydrogen) atoms. The molecule has 3 heterocycles. The zero-order valence-corrected chi connectivity index (χ0v) is 18.6. The summed E-state index contributed by atoms with van der Waals surface area (Å²) >= 11 is 5.86. The van der Waals surface area contributed by atoms with E-state index in [1.807, 2.05) is 4.90 Å². The topological polar surface area (TPSA) is 73.7 Å². The van der Waals surface area contributed by atoms with E-state index in [1.165, 1.54) is 12.8 Å². The highest BCUT2D eigenvalue weighted by Crippen LogP contribution is 2.18. The lowest BCUT2D eigenvalue weighted by Gasteiger charge is -2.42. The van der Waals surface area contributed by atoms with Crippen LogP contribution in [0.25, 0.3) is 0 Å². The molecule has 2 aliphatic heterocycles. The Kier molecular flexibility index (Phi) is 6.89. The van der Waals surface area contributed by atoms with E-state index in [-0.39, 0.29) is 18.4 Å². The average molecular weight is 445 g/mol. The van der Waals surface area contributed by atoms with Gasteiger partial charge in [0.1, 0.15) is 6.54 Å². The zero-order chi connectivity index (χ0) is 21.8. The van der Waals surface area contributed by atoms with Gasteiger partial charge in [0.05, 0.1) is 0 Å². The number of aromatic nitrogens is 2. The SMILES string of the molecule is CN1CCC(N2CCN(C(=O)Cn3ccc(NC(=O)c4ccc(Cl)cc4)n3)CC2)CC1. The molecule has 166 valence electrons. The first-order valence-electron chi connectivity index (χ1n) is 10.8. The van der Waals surface area contributed by atoms with Crippen LogP contribution in [0.1, 0.15) is 23.2 Å². The molecule has 4 rings (SSSR count). The summed E-state index contributed by atoms with van der Waals surface area (Å²) in [6.07, 6.45) is 4.13. The summed E-state index contributed by atoms with van der Waals surface area (Å²) < 4.78 is 1.57. The van der Waals surface area contributed by atoms with Gasteiger partial charge in [-0.05, 0) is 57.2 Å². The molecule has 1 aromatic carbocycles. The van der Waals surface area contributed by atoms with Crippen molar-refractivity contribution >= 4 is 29.2 Å². The minimum atomic E-state index is -0.265. The van der Waals surface area contributed by atoms with E-state index in [0.29, 0.717) is 22.4 Å². The van der Waals surface area contributed by atoms with E-state index >= 15 is 0 Å². The molecule has 1 aromatic heterocycles. The van der Waals surface area contributed by atoms with Gasteiger partial charge in [0.25, 0.3) is 5.91 Å². The van der Waals surface area contributed by atoms with Crippen molar-refractivity contribution in [2.75, 3.05) is 51.6 Å². The number of rotatable bonds is 5. The molecule has 2 aromatic rings. The molecule has 2 amide bonds. The number of halogens is 1. The minimum Gasteiger partial charge on any atom is -0.339 e. The van der Waals surface area contributed by atoms with Crippen LogP contribution >= 0.6 is 11.6 Å². The Morgan fingerprint density at radius 1 is 1.03 bits per heavy atom. The number of likely N-dealkylation sites (tertiary alicyclic amines) is 1. The Balaban J connectivity index is 1.24. The molecule has 0 unspecified atom stereocenters. The molecule has 9 heteroatoms. The number of hydrogen-bond donors (Lipinski definition) is 1. The summed E-state index contributed by atoms with van der Waals surface area (Å²) in [5, 5.41) is 7.64. The van der Waals surface area contributed by atoms with Gasteiger partial charge in [0.2, 0.25) is 5.91 Å². The normalized spacial score (nSPS) is 18.8. The van der Waals surface area contributed by atoms with Crippen LogP contribution in [0.2, 0.25) is 5.02 Å². The second-order valence-corrected chi connectivity index (χ2v) is 8.75. The second kappa shape index (κ2) is 9.80. The van der Waals surface area contributed by atoms with E-state index in [9.17, 15) is 9.59 Å². The van der Waals surface area contributed by atoms with Gasteiger partial charge < -0.3 is 15.1 Å². The van der Waals surface area contributed by atoms with Gasteiger partial charge in [-0.25, -0.2) is 0 Å². The van der Waals surface area contributed by atoms with Crippen molar-refractivity contribution in [2.45, 2.75) is 25.4 Å². The average Bonchev–Trinajstić information content (AvgIpc) is 3.21. The van der Waals surface area contributed by atoms with Crippen LogP contribution in [-0.4, -0.2) is 88.7 Å². The van der Waals surface area contributed by atoms with Gasteiger partial charge in [0, 0.05) is 55.1 Å². The van der Waals surface area contributed by atoms with Crippen molar-refractivity contribution < 1.29 is 9.59 Å². The fraction of sp³-hybridized carbons (Fsp3) is 0.500. The van der Waals surface area contributed by atoms with E-state index in [4.69, 9.17) is 11.6 Å². The molecule has 0 saturated carbocycles. The number of amides is 2. The number of benzene rings is 1. The monoisotopic (exact) mass is 444 g/mol. The Morgan fingerprint density at radius 3 is 2.39 bits per heavy atom. The minimum absolute atomic E-state index is 0.0571. The number of nitrogens with one attached hydrogen (secondary N) is 1. The third-order valence-electron chi connectivity index (χ3n) is 6.16. The van der Waals surface area contributed by atoms with Gasteiger partial charge in [-0.2, -0.15) is 5.10 Å². The highest BCUT2D eigenvalue weighted by atomic mass is 35.5. The Bertz CT molecular complexity index is 899. The predicted octanol–water partition coefficient (Wildman–Crippen LogP) is 2.03. The first kappa shape index (κ1) is 21.8. The van der Waals surface area contributed by atoms with Crippen molar-refractivity contribution in [2.24, 2.45) is 0 Å². The predicted molar refractivity (Wildman–Crippen MR) is 120 cm³/mol. The smallest absolute Gasteiger partial charge is 0.256 e. The van der Waals surface area contributed by atoms with Crippen molar-refractivity contribution in [3.05, 3.63) is 47.1 Å².